The third kappa shape index (κ3) is 2.44. The Morgan fingerprint density at radius 1 is 1.29 bits per heavy atom. The molecule has 1 unspecified atom stereocenters. The number of anilines is 1. The first-order chi connectivity index (χ1) is 10.2. The second kappa shape index (κ2) is 5.48. The van der Waals surface area contributed by atoms with Gasteiger partial charge in [-0.2, -0.15) is 0 Å². The van der Waals surface area contributed by atoms with E-state index in [0.717, 1.165) is 11.3 Å². The van der Waals surface area contributed by atoms with Crippen molar-refractivity contribution >= 4 is 11.6 Å². The van der Waals surface area contributed by atoms with E-state index in [2.05, 4.69) is 0 Å². The maximum atomic E-state index is 12.8. The van der Waals surface area contributed by atoms with E-state index < -0.39 is 0 Å². The van der Waals surface area contributed by atoms with Gasteiger partial charge >= 0.3 is 0 Å². The van der Waals surface area contributed by atoms with Crippen LogP contribution in [0.25, 0.3) is 0 Å². The van der Waals surface area contributed by atoms with Gasteiger partial charge in [0.15, 0.2) is 0 Å². The van der Waals surface area contributed by atoms with E-state index in [-0.39, 0.29) is 17.6 Å². The van der Waals surface area contributed by atoms with Crippen molar-refractivity contribution in [2.45, 2.75) is 12.8 Å². The zero-order valence-electron chi connectivity index (χ0n) is 11.8. The number of ether oxygens (including phenoxy) is 1. The van der Waals surface area contributed by atoms with Crippen molar-refractivity contribution in [3.8, 4) is 11.5 Å². The van der Waals surface area contributed by atoms with Crippen molar-refractivity contribution in [1.82, 2.24) is 0 Å². The molecule has 2 aromatic rings. The second-order valence-electron chi connectivity index (χ2n) is 5.00. The number of amides is 1. The van der Waals surface area contributed by atoms with Crippen LogP contribution in [0.15, 0.2) is 48.5 Å². The number of nitrogens with zero attached hydrogens (tertiary/aromatic N) is 1. The Morgan fingerprint density at radius 3 is 2.86 bits per heavy atom. The van der Waals surface area contributed by atoms with Gasteiger partial charge in [-0.1, -0.05) is 24.3 Å². The van der Waals surface area contributed by atoms with Gasteiger partial charge in [-0.05, 0) is 25.1 Å². The van der Waals surface area contributed by atoms with Crippen molar-refractivity contribution in [2.75, 3.05) is 18.1 Å². The van der Waals surface area contributed by atoms with Crippen molar-refractivity contribution in [3.05, 3.63) is 54.1 Å². The quantitative estimate of drug-likeness (QED) is 0.942. The van der Waals surface area contributed by atoms with Gasteiger partial charge < -0.3 is 14.7 Å². The van der Waals surface area contributed by atoms with Crippen molar-refractivity contribution < 1.29 is 14.6 Å². The summed E-state index contributed by atoms with van der Waals surface area (Å²) in [6, 6.07) is 14.4. The van der Waals surface area contributed by atoms with Gasteiger partial charge in [-0.15, -0.1) is 0 Å². The van der Waals surface area contributed by atoms with Crippen molar-refractivity contribution in [1.29, 1.82) is 0 Å². The first-order valence-electron chi connectivity index (χ1n) is 7.03. The van der Waals surface area contributed by atoms with Crippen LogP contribution in [-0.2, 0) is 4.79 Å². The Bertz CT molecular complexity index is 669. The highest BCUT2D eigenvalue weighted by Gasteiger charge is 2.33. The molecule has 21 heavy (non-hydrogen) atoms. The van der Waals surface area contributed by atoms with Gasteiger partial charge in [-0.3, -0.25) is 4.79 Å². The molecule has 2 aromatic carbocycles. The summed E-state index contributed by atoms with van der Waals surface area (Å²) < 4.78 is 5.59. The number of phenolic OH excluding ortho intramolecular Hbond substituents is 1. The van der Waals surface area contributed by atoms with E-state index in [9.17, 15) is 9.90 Å². The van der Waals surface area contributed by atoms with E-state index in [4.69, 9.17) is 4.74 Å². The molecule has 0 radical (unpaired) electrons. The number of hydrogen-bond acceptors (Lipinski definition) is 3. The van der Waals surface area contributed by atoms with Gasteiger partial charge in [0.25, 0.3) is 0 Å². The minimum absolute atomic E-state index is 0.00644. The Morgan fingerprint density at radius 2 is 2.10 bits per heavy atom. The van der Waals surface area contributed by atoms with Crippen LogP contribution in [0, 0.1) is 0 Å². The summed E-state index contributed by atoms with van der Waals surface area (Å²) >= 11 is 0. The molecule has 0 saturated carbocycles. The Hall–Kier alpha value is -2.49. The minimum Gasteiger partial charge on any atom is -0.508 e. The average Bonchev–Trinajstić information content (AvgIpc) is 2.92. The van der Waals surface area contributed by atoms with E-state index in [0.29, 0.717) is 18.8 Å². The Kier molecular flexibility index (Phi) is 3.52. The number of carbonyl (C=O) groups is 1. The molecule has 1 N–H and O–H groups in total. The highest BCUT2D eigenvalue weighted by molar-refractivity contribution is 5.99. The zero-order valence-corrected chi connectivity index (χ0v) is 11.8. The summed E-state index contributed by atoms with van der Waals surface area (Å²) in [6.45, 7) is 2.83. The molecule has 4 heteroatoms. The van der Waals surface area contributed by atoms with E-state index in [1.54, 1.807) is 23.1 Å². The number of phenols is 1. The highest BCUT2D eigenvalue weighted by atomic mass is 16.5. The molecule has 0 bridgehead atoms. The van der Waals surface area contributed by atoms with Crippen LogP contribution in [-0.4, -0.2) is 24.2 Å². The van der Waals surface area contributed by atoms with Crippen LogP contribution in [0.3, 0.4) is 0 Å². The number of hydrogen-bond donors (Lipinski definition) is 1. The van der Waals surface area contributed by atoms with Gasteiger partial charge in [-0.25, -0.2) is 0 Å². The highest BCUT2D eigenvalue weighted by Crippen LogP contribution is 2.35. The summed E-state index contributed by atoms with van der Waals surface area (Å²) in [4.78, 5) is 14.5. The second-order valence-corrected chi connectivity index (χ2v) is 5.00. The predicted octanol–water partition coefficient (Wildman–Crippen LogP) is 2.92. The normalized spacial score (nSPS) is 16.1. The number of aromatic hydroxyl groups is 1. The molecule has 3 rings (SSSR count). The van der Waals surface area contributed by atoms with Crippen LogP contribution in [0.2, 0.25) is 0 Å². The van der Waals surface area contributed by atoms with Crippen LogP contribution in [0.4, 0.5) is 5.69 Å². The largest absolute Gasteiger partial charge is 0.508 e. The molecule has 1 heterocycles. The van der Waals surface area contributed by atoms with Crippen LogP contribution >= 0.6 is 0 Å². The third-order valence-corrected chi connectivity index (χ3v) is 3.72. The predicted molar refractivity (Wildman–Crippen MR) is 80.8 cm³/mol. The van der Waals surface area contributed by atoms with Crippen molar-refractivity contribution in [3.63, 3.8) is 0 Å². The summed E-state index contributed by atoms with van der Waals surface area (Å²) in [7, 11) is 0. The lowest BCUT2D eigenvalue weighted by Crippen LogP contribution is -2.35. The van der Waals surface area contributed by atoms with E-state index in [1.165, 1.54) is 0 Å². The molecule has 1 aliphatic heterocycles. The lowest BCUT2D eigenvalue weighted by Gasteiger charge is -2.24. The number of likely N-dealkylation sites (N-methyl/N-ethyl adjacent to an activating group) is 1. The zero-order chi connectivity index (χ0) is 14.8. The van der Waals surface area contributed by atoms with Gasteiger partial charge in [0.1, 0.15) is 24.0 Å². The van der Waals surface area contributed by atoms with E-state index in [1.807, 2.05) is 37.3 Å². The van der Waals surface area contributed by atoms with Gasteiger partial charge in [0.2, 0.25) is 5.91 Å². The van der Waals surface area contributed by atoms with E-state index >= 15 is 0 Å². The standard InChI is InChI=1S/C17H17NO3/c1-2-18(12-6-5-7-13(19)10-12)17(20)15-11-21-16-9-4-3-8-14(15)16/h3-10,15,19H,2,11H2,1H3. The number of fused-ring (bicyclic) bond motifs is 1. The molecule has 0 aromatic heterocycles. The molecule has 0 saturated heterocycles. The van der Waals surface area contributed by atoms with Crippen molar-refractivity contribution in [2.24, 2.45) is 0 Å². The molecule has 0 fully saturated rings. The molecule has 1 amide bonds. The fraction of sp³-hybridized carbons (Fsp3) is 0.235. The topological polar surface area (TPSA) is 49.8 Å². The summed E-state index contributed by atoms with van der Waals surface area (Å²) in [5.74, 6) is 0.640. The Balaban J connectivity index is 1.91. The van der Waals surface area contributed by atoms with Crippen LogP contribution in [0.1, 0.15) is 18.4 Å². The van der Waals surface area contributed by atoms with Crippen LogP contribution in [0.5, 0.6) is 11.5 Å². The minimum atomic E-state index is -0.288. The maximum Gasteiger partial charge on any atom is 0.238 e. The lowest BCUT2D eigenvalue weighted by molar-refractivity contribution is -0.120. The number of benzene rings is 2. The molecule has 1 aliphatic rings. The molecular weight excluding hydrogens is 266 g/mol. The summed E-state index contributed by atoms with van der Waals surface area (Å²) in [5.41, 5.74) is 1.63. The SMILES string of the molecule is CCN(C(=O)C1COc2ccccc21)c1cccc(O)c1. The number of carbonyl (C=O) groups excluding carboxylic acids is 1. The smallest absolute Gasteiger partial charge is 0.238 e. The maximum absolute atomic E-state index is 12.8. The van der Waals surface area contributed by atoms with Gasteiger partial charge in [0.05, 0.1) is 0 Å². The average molecular weight is 283 g/mol. The molecule has 4 nitrogen and oxygen atoms in total. The van der Waals surface area contributed by atoms with Crippen LogP contribution < -0.4 is 9.64 Å². The third-order valence-electron chi connectivity index (χ3n) is 3.72. The fourth-order valence-corrected chi connectivity index (χ4v) is 2.68. The fourth-order valence-electron chi connectivity index (χ4n) is 2.68. The molecule has 108 valence electrons. The molecule has 0 spiro atoms. The Labute approximate surface area is 123 Å². The lowest BCUT2D eigenvalue weighted by atomic mass is 9.99. The summed E-state index contributed by atoms with van der Waals surface area (Å²) in [5, 5.41) is 9.60. The van der Waals surface area contributed by atoms with Gasteiger partial charge in [0, 0.05) is 23.9 Å². The number of rotatable bonds is 3. The monoisotopic (exact) mass is 283 g/mol. The molecule has 1 atom stereocenters. The molecular formula is C17H17NO3. The first-order valence-corrected chi connectivity index (χ1v) is 7.03. The number of para-hydroxylation sites is 1. The molecule has 0 aliphatic carbocycles. The first kappa shape index (κ1) is 13.5. The summed E-state index contributed by atoms with van der Waals surface area (Å²) in [6.07, 6.45) is 0.